The molecule has 0 aliphatic heterocycles. The number of halogens is 2. The van der Waals surface area contributed by atoms with Gasteiger partial charge in [0, 0.05) is 21.8 Å². The number of anilines is 1. The fourth-order valence-corrected chi connectivity index (χ4v) is 2.65. The van der Waals surface area contributed by atoms with E-state index in [0.717, 1.165) is 29.2 Å². The van der Waals surface area contributed by atoms with E-state index in [1.807, 2.05) is 12.1 Å². The molecule has 3 N–H and O–H groups in total. The van der Waals surface area contributed by atoms with Crippen molar-refractivity contribution in [2.75, 3.05) is 5.73 Å². The van der Waals surface area contributed by atoms with Gasteiger partial charge in [-0.3, -0.25) is 5.10 Å². The smallest absolute Gasteiger partial charge is 0.153 e. The first kappa shape index (κ1) is 11.9. The highest BCUT2D eigenvalue weighted by Crippen LogP contribution is 2.39. The van der Waals surface area contributed by atoms with Crippen LogP contribution in [0, 0.1) is 5.92 Å². The fraction of sp³-hybridized carbons (Fsp3) is 0.308. The SMILES string of the molecule is Nc1n[nH]c(CC2CC2)c1-c1ccc(Cl)cc1Cl. The summed E-state index contributed by atoms with van der Waals surface area (Å²) in [5.41, 5.74) is 8.82. The number of hydrogen-bond donors (Lipinski definition) is 2. The highest BCUT2D eigenvalue weighted by atomic mass is 35.5. The monoisotopic (exact) mass is 281 g/mol. The highest BCUT2D eigenvalue weighted by molar-refractivity contribution is 6.36. The zero-order valence-electron chi connectivity index (χ0n) is 9.71. The van der Waals surface area contributed by atoms with Crippen LogP contribution >= 0.6 is 23.2 Å². The molecule has 94 valence electrons. The summed E-state index contributed by atoms with van der Waals surface area (Å²) in [6.45, 7) is 0. The molecule has 0 amide bonds. The number of aromatic nitrogens is 2. The second-order valence-corrected chi connectivity index (χ2v) is 5.58. The van der Waals surface area contributed by atoms with E-state index in [-0.39, 0.29) is 0 Å². The molecule has 1 aliphatic rings. The maximum Gasteiger partial charge on any atom is 0.153 e. The molecule has 0 saturated heterocycles. The number of nitrogens with two attached hydrogens (primary N) is 1. The van der Waals surface area contributed by atoms with Crippen molar-refractivity contribution in [3.05, 3.63) is 33.9 Å². The summed E-state index contributed by atoms with van der Waals surface area (Å²) in [5.74, 6) is 1.25. The lowest BCUT2D eigenvalue weighted by Crippen LogP contribution is -1.93. The third-order valence-corrected chi connectivity index (χ3v) is 3.81. The van der Waals surface area contributed by atoms with Gasteiger partial charge in [0.05, 0.1) is 5.02 Å². The van der Waals surface area contributed by atoms with Crippen LogP contribution in [-0.4, -0.2) is 10.2 Å². The number of hydrogen-bond acceptors (Lipinski definition) is 2. The molecule has 1 aliphatic carbocycles. The zero-order valence-corrected chi connectivity index (χ0v) is 11.2. The number of nitrogen functional groups attached to an aromatic ring is 1. The largest absolute Gasteiger partial charge is 0.382 e. The van der Waals surface area contributed by atoms with E-state index in [2.05, 4.69) is 10.2 Å². The van der Waals surface area contributed by atoms with Crippen LogP contribution in [0.2, 0.25) is 10.0 Å². The molecular weight excluding hydrogens is 269 g/mol. The van der Waals surface area contributed by atoms with Gasteiger partial charge >= 0.3 is 0 Å². The van der Waals surface area contributed by atoms with Gasteiger partial charge in [0.15, 0.2) is 5.82 Å². The molecule has 1 saturated carbocycles. The average molecular weight is 282 g/mol. The van der Waals surface area contributed by atoms with Crippen LogP contribution in [0.25, 0.3) is 11.1 Å². The van der Waals surface area contributed by atoms with Gasteiger partial charge in [-0.1, -0.05) is 29.3 Å². The summed E-state index contributed by atoms with van der Waals surface area (Å²) in [7, 11) is 0. The van der Waals surface area contributed by atoms with E-state index in [9.17, 15) is 0 Å². The molecule has 1 fully saturated rings. The molecule has 0 spiro atoms. The predicted octanol–water partition coefficient (Wildman–Crippen LogP) is 3.92. The molecule has 0 bridgehead atoms. The van der Waals surface area contributed by atoms with Crippen LogP contribution in [0.3, 0.4) is 0 Å². The third kappa shape index (κ3) is 2.20. The topological polar surface area (TPSA) is 54.7 Å². The summed E-state index contributed by atoms with van der Waals surface area (Å²) < 4.78 is 0. The first-order chi connectivity index (χ1) is 8.65. The molecule has 0 radical (unpaired) electrons. The Hall–Kier alpha value is -1.19. The Balaban J connectivity index is 2.06. The molecule has 1 heterocycles. The molecule has 2 aromatic rings. The molecule has 1 aromatic heterocycles. The minimum absolute atomic E-state index is 0.495. The van der Waals surface area contributed by atoms with Gasteiger partial charge in [-0.2, -0.15) is 5.10 Å². The molecule has 3 rings (SSSR count). The standard InChI is InChI=1S/C13H13Cl2N3/c14-8-3-4-9(10(15)6-8)12-11(5-7-1-2-7)17-18-13(12)16/h3-4,6-7H,1-2,5H2,(H3,16,17,18). The van der Waals surface area contributed by atoms with Crippen LogP contribution in [0.4, 0.5) is 5.82 Å². The van der Waals surface area contributed by atoms with E-state index in [1.165, 1.54) is 12.8 Å². The Labute approximate surface area is 115 Å². The number of H-pyrrole nitrogens is 1. The van der Waals surface area contributed by atoms with E-state index < -0.39 is 0 Å². The van der Waals surface area contributed by atoms with Crippen LogP contribution < -0.4 is 5.73 Å². The van der Waals surface area contributed by atoms with Crippen molar-refractivity contribution in [1.82, 2.24) is 10.2 Å². The fourth-order valence-electron chi connectivity index (χ4n) is 2.15. The van der Waals surface area contributed by atoms with Gasteiger partial charge in [-0.15, -0.1) is 0 Å². The van der Waals surface area contributed by atoms with Gasteiger partial charge in [0.1, 0.15) is 0 Å². The molecule has 0 atom stereocenters. The van der Waals surface area contributed by atoms with Crippen molar-refractivity contribution in [1.29, 1.82) is 0 Å². The average Bonchev–Trinajstić information content (AvgIpc) is 3.06. The lowest BCUT2D eigenvalue weighted by molar-refractivity contribution is 0.798. The molecule has 18 heavy (non-hydrogen) atoms. The highest BCUT2D eigenvalue weighted by Gasteiger charge is 2.25. The van der Waals surface area contributed by atoms with Crippen LogP contribution in [-0.2, 0) is 6.42 Å². The number of rotatable bonds is 3. The molecular formula is C13H13Cl2N3. The lowest BCUT2D eigenvalue weighted by Gasteiger charge is -2.06. The minimum Gasteiger partial charge on any atom is -0.382 e. The maximum atomic E-state index is 6.24. The summed E-state index contributed by atoms with van der Waals surface area (Å²) >= 11 is 12.1. The van der Waals surface area contributed by atoms with Crippen molar-refractivity contribution in [2.45, 2.75) is 19.3 Å². The van der Waals surface area contributed by atoms with Crippen molar-refractivity contribution >= 4 is 29.0 Å². The Morgan fingerprint density at radius 2 is 2.11 bits per heavy atom. The summed E-state index contributed by atoms with van der Waals surface area (Å²) in [6, 6.07) is 5.43. The Kier molecular flexibility index (Phi) is 2.96. The van der Waals surface area contributed by atoms with Crippen molar-refractivity contribution in [2.24, 2.45) is 5.92 Å². The molecule has 0 unspecified atom stereocenters. The quantitative estimate of drug-likeness (QED) is 0.896. The van der Waals surface area contributed by atoms with E-state index >= 15 is 0 Å². The second kappa shape index (κ2) is 4.48. The van der Waals surface area contributed by atoms with Gasteiger partial charge < -0.3 is 5.73 Å². The predicted molar refractivity (Wildman–Crippen MR) is 74.9 cm³/mol. The zero-order chi connectivity index (χ0) is 12.7. The van der Waals surface area contributed by atoms with Gasteiger partial charge in [0.2, 0.25) is 0 Å². The van der Waals surface area contributed by atoms with E-state index in [1.54, 1.807) is 6.07 Å². The molecule has 5 heteroatoms. The Morgan fingerprint density at radius 1 is 1.33 bits per heavy atom. The third-order valence-electron chi connectivity index (χ3n) is 3.26. The van der Waals surface area contributed by atoms with Gasteiger partial charge in [-0.25, -0.2) is 0 Å². The Morgan fingerprint density at radius 3 is 2.78 bits per heavy atom. The summed E-state index contributed by atoms with van der Waals surface area (Å²) in [5, 5.41) is 8.34. The van der Waals surface area contributed by atoms with Gasteiger partial charge in [-0.05, 0) is 37.3 Å². The lowest BCUT2D eigenvalue weighted by atomic mass is 10.0. The van der Waals surface area contributed by atoms with Crippen LogP contribution in [0.15, 0.2) is 18.2 Å². The molecule has 1 aromatic carbocycles. The minimum atomic E-state index is 0.495. The summed E-state index contributed by atoms with van der Waals surface area (Å²) in [6.07, 6.45) is 3.55. The number of nitrogens with zero attached hydrogens (tertiary/aromatic N) is 1. The maximum absolute atomic E-state index is 6.24. The first-order valence-electron chi connectivity index (χ1n) is 5.93. The molecule has 3 nitrogen and oxygen atoms in total. The van der Waals surface area contributed by atoms with Crippen molar-refractivity contribution < 1.29 is 0 Å². The first-order valence-corrected chi connectivity index (χ1v) is 6.69. The number of nitrogens with one attached hydrogen (secondary N) is 1. The van der Waals surface area contributed by atoms with Gasteiger partial charge in [0.25, 0.3) is 0 Å². The van der Waals surface area contributed by atoms with Crippen molar-refractivity contribution in [3.8, 4) is 11.1 Å². The van der Waals surface area contributed by atoms with Crippen molar-refractivity contribution in [3.63, 3.8) is 0 Å². The second-order valence-electron chi connectivity index (χ2n) is 4.73. The van der Waals surface area contributed by atoms with Crippen LogP contribution in [0.5, 0.6) is 0 Å². The van der Waals surface area contributed by atoms with E-state index in [0.29, 0.717) is 15.9 Å². The number of benzene rings is 1. The summed E-state index contributed by atoms with van der Waals surface area (Å²) in [4.78, 5) is 0. The van der Waals surface area contributed by atoms with Crippen LogP contribution in [0.1, 0.15) is 18.5 Å². The normalized spacial score (nSPS) is 15.0. The Bertz CT molecular complexity index is 588. The number of aromatic amines is 1. The van der Waals surface area contributed by atoms with E-state index in [4.69, 9.17) is 28.9 Å².